The van der Waals surface area contributed by atoms with Gasteiger partial charge in [0, 0.05) is 41.6 Å². The molecule has 0 aliphatic rings. The molecule has 25 heavy (non-hydrogen) atoms. The standard InChI is InChI=1S/C20H16IN2O2/c1-24-19-10-14-6-8-22-11-15(14)9-18(19)21-17-4-3-13-5-7-23-12-16(13)20(17)25-2/h3-12H,1-2H3/q+1. The van der Waals surface area contributed by atoms with Gasteiger partial charge in [0.15, 0.2) is 11.5 Å². The Labute approximate surface area is 156 Å². The van der Waals surface area contributed by atoms with Crippen molar-refractivity contribution < 1.29 is 30.7 Å². The van der Waals surface area contributed by atoms with Gasteiger partial charge in [0.05, 0.1) is 14.2 Å². The van der Waals surface area contributed by atoms with Crippen LogP contribution in [-0.4, -0.2) is 24.2 Å². The van der Waals surface area contributed by atoms with Crippen LogP contribution in [-0.2, 0) is 0 Å². The number of nitrogens with zero attached hydrogens (tertiary/aromatic N) is 2. The highest BCUT2D eigenvalue weighted by Crippen LogP contribution is 2.24. The second-order valence-electron chi connectivity index (χ2n) is 5.48. The Morgan fingerprint density at radius 2 is 1.56 bits per heavy atom. The summed E-state index contributed by atoms with van der Waals surface area (Å²) in [6.07, 6.45) is 7.36. The Morgan fingerprint density at radius 1 is 0.760 bits per heavy atom. The maximum absolute atomic E-state index is 5.73. The zero-order valence-electron chi connectivity index (χ0n) is 13.9. The number of aromatic nitrogens is 2. The Bertz CT molecular complexity index is 1060. The molecular formula is C20H16IN2O2+. The van der Waals surface area contributed by atoms with Gasteiger partial charge in [-0.25, -0.2) is 0 Å². The molecule has 0 fully saturated rings. The van der Waals surface area contributed by atoms with Gasteiger partial charge < -0.3 is 9.47 Å². The molecule has 124 valence electrons. The number of fused-ring (bicyclic) bond motifs is 2. The lowest BCUT2D eigenvalue weighted by Gasteiger charge is -2.06. The molecule has 4 nitrogen and oxygen atoms in total. The number of hydrogen-bond acceptors (Lipinski definition) is 4. The van der Waals surface area contributed by atoms with Gasteiger partial charge in [-0.1, -0.05) is 0 Å². The van der Waals surface area contributed by atoms with Crippen molar-refractivity contribution in [2.24, 2.45) is 0 Å². The van der Waals surface area contributed by atoms with E-state index in [2.05, 4.69) is 34.2 Å². The number of methoxy groups -OCH3 is 2. The molecular weight excluding hydrogens is 427 g/mol. The summed E-state index contributed by atoms with van der Waals surface area (Å²) in [5, 5.41) is 4.44. The molecule has 0 atom stereocenters. The number of ether oxygens (including phenoxy) is 2. The van der Waals surface area contributed by atoms with Crippen LogP contribution in [0.25, 0.3) is 21.5 Å². The molecule has 0 amide bonds. The van der Waals surface area contributed by atoms with Crippen LogP contribution in [0.1, 0.15) is 0 Å². The molecule has 0 radical (unpaired) electrons. The second-order valence-corrected chi connectivity index (χ2v) is 8.35. The molecule has 0 aliphatic heterocycles. The first kappa shape index (κ1) is 16.1. The summed E-state index contributed by atoms with van der Waals surface area (Å²) >= 11 is -0.483. The molecule has 0 spiro atoms. The third kappa shape index (κ3) is 3.00. The van der Waals surface area contributed by atoms with Crippen LogP contribution in [0, 0.1) is 7.14 Å². The number of pyridine rings is 2. The Balaban J connectivity index is 1.84. The van der Waals surface area contributed by atoms with E-state index >= 15 is 0 Å². The molecule has 2 heterocycles. The largest absolute Gasteiger partial charge is 0.492 e. The molecule has 0 saturated carbocycles. The molecule has 0 N–H and O–H groups in total. The predicted octanol–water partition coefficient (Wildman–Crippen LogP) is 0.929. The average Bonchev–Trinajstić information content (AvgIpc) is 2.67. The van der Waals surface area contributed by atoms with Gasteiger partial charge in [-0.05, 0) is 41.1 Å². The third-order valence-electron chi connectivity index (χ3n) is 4.04. The molecule has 4 aromatic rings. The fraction of sp³-hybridized carbons (Fsp3) is 0.100. The zero-order valence-corrected chi connectivity index (χ0v) is 16.0. The Kier molecular flexibility index (Phi) is 4.40. The molecule has 0 bridgehead atoms. The maximum atomic E-state index is 5.73. The summed E-state index contributed by atoms with van der Waals surface area (Å²) in [5.74, 6) is 1.83. The monoisotopic (exact) mass is 443 g/mol. The highest BCUT2D eigenvalue weighted by atomic mass is 127. The lowest BCUT2D eigenvalue weighted by molar-refractivity contribution is -0.598. The van der Waals surface area contributed by atoms with Crippen molar-refractivity contribution in [2.75, 3.05) is 14.2 Å². The summed E-state index contributed by atoms with van der Waals surface area (Å²) in [6, 6.07) is 12.6. The first-order valence-corrected chi connectivity index (χ1v) is 9.93. The molecule has 5 heteroatoms. The van der Waals surface area contributed by atoms with E-state index in [1.54, 1.807) is 26.6 Å². The van der Waals surface area contributed by atoms with Crippen molar-refractivity contribution in [3.05, 3.63) is 68.3 Å². The smallest absolute Gasteiger partial charge is 0.366 e. The number of benzene rings is 2. The fourth-order valence-corrected chi connectivity index (χ4v) is 5.69. The molecule has 0 unspecified atom stereocenters. The number of rotatable bonds is 4. The van der Waals surface area contributed by atoms with E-state index in [9.17, 15) is 0 Å². The minimum Gasteiger partial charge on any atom is -0.492 e. The number of hydrogen-bond donors (Lipinski definition) is 0. The highest BCUT2D eigenvalue weighted by molar-refractivity contribution is 5.87. The lowest BCUT2D eigenvalue weighted by atomic mass is 10.2. The predicted molar refractivity (Wildman–Crippen MR) is 94.0 cm³/mol. The molecule has 0 saturated heterocycles. The van der Waals surface area contributed by atoms with E-state index in [0.717, 1.165) is 33.0 Å². The molecule has 2 aromatic carbocycles. The van der Waals surface area contributed by atoms with Crippen molar-refractivity contribution in [2.45, 2.75) is 0 Å². The van der Waals surface area contributed by atoms with Gasteiger partial charge in [0.2, 0.25) is 7.14 Å². The van der Waals surface area contributed by atoms with Crippen molar-refractivity contribution in [1.82, 2.24) is 9.97 Å². The first-order chi connectivity index (χ1) is 12.3. The van der Waals surface area contributed by atoms with Crippen molar-refractivity contribution >= 4 is 21.5 Å². The van der Waals surface area contributed by atoms with E-state index in [1.165, 1.54) is 7.14 Å². The average molecular weight is 443 g/mol. The van der Waals surface area contributed by atoms with Crippen LogP contribution in [0.3, 0.4) is 0 Å². The van der Waals surface area contributed by atoms with E-state index in [1.807, 2.05) is 24.5 Å². The van der Waals surface area contributed by atoms with E-state index in [4.69, 9.17) is 9.47 Å². The molecule has 0 aliphatic carbocycles. The van der Waals surface area contributed by atoms with Crippen LogP contribution < -0.4 is 30.7 Å². The second kappa shape index (κ2) is 6.84. The van der Waals surface area contributed by atoms with E-state index in [0.29, 0.717) is 0 Å². The van der Waals surface area contributed by atoms with Crippen LogP contribution in [0.4, 0.5) is 0 Å². The van der Waals surface area contributed by atoms with Gasteiger partial charge in [0.25, 0.3) is 0 Å². The van der Waals surface area contributed by atoms with E-state index < -0.39 is 21.2 Å². The van der Waals surface area contributed by atoms with E-state index in [-0.39, 0.29) is 0 Å². The lowest BCUT2D eigenvalue weighted by Crippen LogP contribution is -3.61. The fourth-order valence-electron chi connectivity index (χ4n) is 2.82. The van der Waals surface area contributed by atoms with Gasteiger partial charge in [-0.2, -0.15) is 0 Å². The SMILES string of the molecule is COc1cc2ccncc2cc1[I+]c1ccc2ccncc2c1OC. The van der Waals surface area contributed by atoms with Gasteiger partial charge in [-0.15, -0.1) is 0 Å². The van der Waals surface area contributed by atoms with Crippen LogP contribution >= 0.6 is 0 Å². The van der Waals surface area contributed by atoms with Crippen LogP contribution in [0.5, 0.6) is 11.5 Å². The van der Waals surface area contributed by atoms with Crippen LogP contribution in [0.2, 0.25) is 0 Å². The van der Waals surface area contributed by atoms with Crippen molar-refractivity contribution in [3.63, 3.8) is 0 Å². The number of halogens is 1. The van der Waals surface area contributed by atoms with Gasteiger partial charge in [-0.3, -0.25) is 9.97 Å². The molecule has 4 rings (SSSR count). The Hall–Kier alpha value is -2.41. The zero-order chi connectivity index (χ0) is 17.2. The third-order valence-corrected chi connectivity index (χ3v) is 6.90. The summed E-state index contributed by atoms with van der Waals surface area (Å²) in [6.45, 7) is 0. The maximum Gasteiger partial charge on any atom is 0.366 e. The minimum atomic E-state index is -0.483. The van der Waals surface area contributed by atoms with Gasteiger partial charge >= 0.3 is 21.2 Å². The van der Waals surface area contributed by atoms with Crippen molar-refractivity contribution in [3.8, 4) is 11.5 Å². The normalized spacial score (nSPS) is 11.0. The van der Waals surface area contributed by atoms with Crippen molar-refractivity contribution in [1.29, 1.82) is 0 Å². The summed E-state index contributed by atoms with van der Waals surface area (Å²) in [4.78, 5) is 8.47. The quantitative estimate of drug-likeness (QED) is 0.441. The molecule has 2 aromatic heterocycles. The highest BCUT2D eigenvalue weighted by Gasteiger charge is 2.27. The van der Waals surface area contributed by atoms with Crippen LogP contribution in [0.15, 0.2) is 61.2 Å². The summed E-state index contributed by atoms with van der Waals surface area (Å²) < 4.78 is 13.8. The van der Waals surface area contributed by atoms with Gasteiger partial charge in [0.1, 0.15) is 0 Å². The summed E-state index contributed by atoms with van der Waals surface area (Å²) in [5.41, 5.74) is 0. The first-order valence-electron chi connectivity index (χ1n) is 7.77. The Morgan fingerprint density at radius 3 is 2.36 bits per heavy atom. The minimum absolute atomic E-state index is 0.483. The summed E-state index contributed by atoms with van der Waals surface area (Å²) in [7, 11) is 3.44. The topological polar surface area (TPSA) is 44.2 Å².